The van der Waals surface area contributed by atoms with Gasteiger partial charge in [-0.25, -0.2) is 0 Å². The lowest BCUT2D eigenvalue weighted by atomic mass is 9.67. The number of rotatable bonds is 7. The van der Waals surface area contributed by atoms with Crippen LogP contribution >= 0.6 is 11.3 Å². The van der Waals surface area contributed by atoms with Gasteiger partial charge in [-0.1, -0.05) is 188 Å². The van der Waals surface area contributed by atoms with Crippen molar-refractivity contribution in [3.8, 4) is 22.3 Å². The summed E-state index contributed by atoms with van der Waals surface area (Å²) in [4.78, 5) is 2.53. The molecule has 0 saturated carbocycles. The Bertz CT molecular complexity index is 3120. The second-order valence-corrected chi connectivity index (χ2v) is 16.9. The SMILES string of the molecule is c1ccc(C2(c3ccccc3)c3ccccc3-c3ccc(N(c4ccc5sccc5c4)c4cccc5c4-c4ccccc4C5(c4ccccc4)c4ccccc4)cc32)cc1. The van der Waals surface area contributed by atoms with Gasteiger partial charge in [-0.15, -0.1) is 11.3 Å². The van der Waals surface area contributed by atoms with Crippen molar-refractivity contribution in [2.45, 2.75) is 10.8 Å². The molecule has 10 aromatic rings. The minimum Gasteiger partial charge on any atom is -0.310 e. The minimum absolute atomic E-state index is 0.511. The molecule has 2 aliphatic carbocycles. The Labute approximate surface area is 355 Å². The van der Waals surface area contributed by atoms with Crippen LogP contribution in [0.3, 0.4) is 0 Å². The molecular formula is C58H39NS. The highest BCUT2D eigenvalue weighted by atomic mass is 32.1. The first kappa shape index (κ1) is 34.8. The Morgan fingerprint density at radius 2 is 0.800 bits per heavy atom. The third kappa shape index (κ3) is 4.86. The average molecular weight is 782 g/mol. The minimum atomic E-state index is -0.519. The van der Waals surface area contributed by atoms with E-state index in [-0.39, 0.29) is 0 Å². The molecule has 0 spiro atoms. The molecule has 1 aromatic heterocycles. The highest BCUT2D eigenvalue weighted by Crippen LogP contribution is 2.61. The second-order valence-electron chi connectivity index (χ2n) is 16.0. The Balaban J connectivity index is 1.18. The predicted molar refractivity (Wildman–Crippen MR) is 251 cm³/mol. The summed E-state index contributed by atoms with van der Waals surface area (Å²) in [5.74, 6) is 0. The monoisotopic (exact) mass is 781 g/mol. The van der Waals surface area contributed by atoms with Gasteiger partial charge in [0.25, 0.3) is 0 Å². The van der Waals surface area contributed by atoms with E-state index in [9.17, 15) is 0 Å². The van der Waals surface area contributed by atoms with E-state index in [1.807, 2.05) is 0 Å². The van der Waals surface area contributed by atoms with Crippen LogP contribution in [0.5, 0.6) is 0 Å². The van der Waals surface area contributed by atoms with Crippen LogP contribution in [0.4, 0.5) is 17.1 Å². The molecule has 0 N–H and O–H groups in total. The van der Waals surface area contributed by atoms with Crippen molar-refractivity contribution in [1.29, 1.82) is 0 Å². The normalized spacial score (nSPS) is 13.9. The third-order valence-corrected chi connectivity index (χ3v) is 14.0. The van der Waals surface area contributed by atoms with Crippen molar-refractivity contribution in [3.63, 3.8) is 0 Å². The van der Waals surface area contributed by atoms with E-state index in [4.69, 9.17) is 0 Å². The first-order valence-corrected chi connectivity index (χ1v) is 21.6. The maximum Gasteiger partial charge on any atom is 0.0714 e. The molecule has 0 unspecified atom stereocenters. The van der Waals surface area contributed by atoms with E-state index in [0.29, 0.717) is 0 Å². The van der Waals surface area contributed by atoms with Crippen LogP contribution in [0, 0.1) is 0 Å². The fourth-order valence-electron chi connectivity index (χ4n) is 10.8. The van der Waals surface area contributed by atoms with Gasteiger partial charge in [0.15, 0.2) is 0 Å². The number of anilines is 3. The molecule has 9 aromatic carbocycles. The van der Waals surface area contributed by atoms with Crippen LogP contribution in [0.2, 0.25) is 0 Å². The Morgan fingerprint density at radius 3 is 1.42 bits per heavy atom. The molecule has 0 aliphatic heterocycles. The molecule has 0 bridgehead atoms. The fraction of sp³-hybridized carbons (Fsp3) is 0.0345. The molecule has 12 rings (SSSR count). The Morgan fingerprint density at radius 1 is 0.333 bits per heavy atom. The highest BCUT2D eigenvalue weighted by molar-refractivity contribution is 7.17. The maximum atomic E-state index is 2.53. The maximum absolute atomic E-state index is 2.53. The number of hydrogen-bond acceptors (Lipinski definition) is 2. The number of benzene rings is 9. The van der Waals surface area contributed by atoms with Crippen molar-refractivity contribution in [3.05, 3.63) is 280 Å². The van der Waals surface area contributed by atoms with Gasteiger partial charge in [0, 0.05) is 21.6 Å². The van der Waals surface area contributed by atoms with E-state index in [0.717, 1.165) is 17.1 Å². The zero-order valence-electron chi connectivity index (χ0n) is 32.9. The van der Waals surface area contributed by atoms with E-state index in [1.165, 1.54) is 76.8 Å². The van der Waals surface area contributed by atoms with Gasteiger partial charge in [-0.3, -0.25) is 0 Å². The quantitative estimate of drug-likeness (QED) is 0.156. The van der Waals surface area contributed by atoms with Gasteiger partial charge in [-0.05, 0) is 114 Å². The van der Waals surface area contributed by atoms with Crippen LogP contribution in [0.25, 0.3) is 32.3 Å². The van der Waals surface area contributed by atoms with Gasteiger partial charge in [-0.2, -0.15) is 0 Å². The molecule has 2 aliphatic rings. The largest absolute Gasteiger partial charge is 0.310 e. The predicted octanol–water partition coefficient (Wildman–Crippen LogP) is 15.1. The molecule has 0 fully saturated rings. The lowest BCUT2D eigenvalue weighted by Gasteiger charge is -2.35. The molecular weight excluding hydrogens is 743 g/mol. The van der Waals surface area contributed by atoms with Crippen molar-refractivity contribution < 1.29 is 0 Å². The Hall–Kier alpha value is -7.26. The Kier molecular flexibility index (Phi) is 7.91. The van der Waals surface area contributed by atoms with Crippen molar-refractivity contribution >= 4 is 38.5 Å². The van der Waals surface area contributed by atoms with Gasteiger partial charge in [0.2, 0.25) is 0 Å². The topological polar surface area (TPSA) is 3.24 Å². The van der Waals surface area contributed by atoms with Gasteiger partial charge in [0.1, 0.15) is 0 Å². The van der Waals surface area contributed by atoms with Crippen LogP contribution in [-0.2, 0) is 10.8 Å². The fourth-order valence-corrected chi connectivity index (χ4v) is 11.5. The van der Waals surface area contributed by atoms with Crippen molar-refractivity contribution in [1.82, 2.24) is 0 Å². The molecule has 60 heavy (non-hydrogen) atoms. The van der Waals surface area contributed by atoms with E-state index in [1.54, 1.807) is 11.3 Å². The smallest absolute Gasteiger partial charge is 0.0714 e. The molecule has 1 nitrogen and oxygen atoms in total. The molecule has 0 amide bonds. The third-order valence-electron chi connectivity index (χ3n) is 13.1. The molecule has 0 saturated heterocycles. The van der Waals surface area contributed by atoms with Crippen LogP contribution in [-0.4, -0.2) is 0 Å². The summed E-state index contributed by atoms with van der Waals surface area (Å²) in [5, 5.41) is 3.44. The molecule has 0 atom stereocenters. The van der Waals surface area contributed by atoms with E-state index in [2.05, 4.69) is 241 Å². The average Bonchev–Trinajstić information content (AvgIpc) is 4.01. The van der Waals surface area contributed by atoms with Crippen LogP contribution in [0.15, 0.2) is 236 Å². The van der Waals surface area contributed by atoms with Crippen molar-refractivity contribution in [2.24, 2.45) is 0 Å². The summed E-state index contributed by atoms with van der Waals surface area (Å²) < 4.78 is 1.28. The standard InChI is InChI=1S/C58H39NS/c1-5-18-41(19-6-1)57(42-20-7-2-8-21-42)51-29-16-14-27-49(51)56-52(57)30-17-31-54(56)59(45-33-35-55-40(38-45)36-37-60-55)46-32-34-48-47-26-13-15-28-50(47)58(53(48)39-46,43-22-9-3-10-23-43)44-24-11-4-12-25-44/h1-39H. The summed E-state index contributed by atoms with van der Waals surface area (Å²) in [7, 11) is 0. The van der Waals surface area contributed by atoms with Crippen molar-refractivity contribution in [2.75, 3.05) is 4.90 Å². The highest BCUT2D eigenvalue weighted by Gasteiger charge is 2.49. The number of hydrogen-bond donors (Lipinski definition) is 0. The van der Waals surface area contributed by atoms with Gasteiger partial charge >= 0.3 is 0 Å². The second kappa shape index (κ2) is 13.7. The first-order valence-electron chi connectivity index (χ1n) is 20.8. The number of nitrogens with zero attached hydrogens (tertiary/aromatic N) is 1. The lowest BCUT2D eigenvalue weighted by molar-refractivity contribution is 0.768. The van der Waals surface area contributed by atoms with E-state index < -0.39 is 10.8 Å². The summed E-state index contributed by atoms with van der Waals surface area (Å²) in [6, 6.07) is 85.9. The summed E-state index contributed by atoms with van der Waals surface area (Å²) in [6.07, 6.45) is 0. The number of fused-ring (bicyclic) bond motifs is 7. The van der Waals surface area contributed by atoms with Gasteiger partial charge in [0.05, 0.1) is 16.5 Å². The molecule has 1 heterocycles. The lowest BCUT2D eigenvalue weighted by Crippen LogP contribution is -2.29. The zero-order chi connectivity index (χ0) is 39.7. The summed E-state index contributed by atoms with van der Waals surface area (Å²) in [5.41, 5.74) is 17.7. The molecule has 0 radical (unpaired) electrons. The van der Waals surface area contributed by atoms with Crippen LogP contribution < -0.4 is 4.90 Å². The summed E-state index contributed by atoms with van der Waals surface area (Å²) >= 11 is 1.79. The number of thiophene rings is 1. The van der Waals surface area contributed by atoms with Crippen LogP contribution in [0.1, 0.15) is 44.5 Å². The van der Waals surface area contributed by atoms with E-state index >= 15 is 0 Å². The summed E-state index contributed by atoms with van der Waals surface area (Å²) in [6.45, 7) is 0. The zero-order valence-corrected chi connectivity index (χ0v) is 33.7. The molecule has 282 valence electrons. The first-order chi connectivity index (χ1) is 29.8. The van der Waals surface area contributed by atoms with Gasteiger partial charge < -0.3 is 4.90 Å². The molecule has 2 heteroatoms.